The van der Waals surface area contributed by atoms with Crippen LogP contribution >= 0.6 is 0 Å². The Morgan fingerprint density at radius 1 is 1.04 bits per heavy atom. The molecule has 0 aliphatic carbocycles. The second-order valence-corrected chi connectivity index (χ2v) is 6.90. The summed E-state index contributed by atoms with van der Waals surface area (Å²) in [5.74, 6) is 1.22. The molecule has 1 aromatic heterocycles. The molecule has 148 valence electrons. The lowest BCUT2D eigenvalue weighted by molar-refractivity contribution is -0.129. The monoisotopic (exact) mass is 383 g/mol. The predicted octanol–water partition coefficient (Wildman–Crippen LogP) is 2.18. The van der Waals surface area contributed by atoms with Crippen molar-refractivity contribution < 1.29 is 14.3 Å². The summed E-state index contributed by atoms with van der Waals surface area (Å²) in [4.78, 5) is 36.3. The van der Waals surface area contributed by atoms with Gasteiger partial charge in [0.05, 0.1) is 18.5 Å². The average molecular weight is 383 g/mol. The van der Waals surface area contributed by atoms with Gasteiger partial charge in [-0.3, -0.25) is 9.59 Å². The fourth-order valence-electron chi connectivity index (χ4n) is 2.94. The summed E-state index contributed by atoms with van der Waals surface area (Å²) in [7, 11) is 0. The summed E-state index contributed by atoms with van der Waals surface area (Å²) in [5, 5.41) is 2.80. The van der Waals surface area contributed by atoms with E-state index in [9.17, 15) is 9.59 Å². The molecule has 1 N–H and O–H groups in total. The Morgan fingerprint density at radius 2 is 1.71 bits per heavy atom. The molecule has 3 rings (SSSR count). The van der Waals surface area contributed by atoms with Crippen molar-refractivity contribution in [1.29, 1.82) is 0 Å². The van der Waals surface area contributed by atoms with Gasteiger partial charge >= 0.3 is 0 Å². The first-order chi connectivity index (χ1) is 13.4. The molecule has 1 aromatic carbocycles. The molecule has 1 fully saturated rings. The van der Waals surface area contributed by atoms with Gasteiger partial charge in [0.1, 0.15) is 17.3 Å². The highest BCUT2D eigenvalue weighted by Crippen LogP contribution is 2.18. The Morgan fingerprint density at radius 3 is 2.25 bits per heavy atom. The van der Waals surface area contributed by atoms with Crippen LogP contribution in [0.5, 0.6) is 5.75 Å². The van der Waals surface area contributed by atoms with Gasteiger partial charge in [-0.05, 0) is 38.1 Å². The highest BCUT2D eigenvalue weighted by atomic mass is 16.5. The van der Waals surface area contributed by atoms with Gasteiger partial charge < -0.3 is 19.9 Å². The van der Waals surface area contributed by atoms with Crippen molar-refractivity contribution in [3.63, 3.8) is 0 Å². The first-order valence-electron chi connectivity index (χ1n) is 9.33. The summed E-state index contributed by atoms with van der Waals surface area (Å²) >= 11 is 0. The Balaban J connectivity index is 1.57. The molecule has 1 aliphatic heterocycles. The van der Waals surface area contributed by atoms with Crippen molar-refractivity contribution in [3.8, 4) is 5.75 Å². The maximum Gasteiger partial charge on any atom is 0.275 e. The van der Waals surface area contributed by atoms with Crippen molar-refractivity contribution in [3.05, 3.63) is 42.4 Å². The minimum Gasteiger partial charge on any atom is -0.491 e. The third-order valence-electron chi connectivity index (χ3n) is 4.40. The molecule has 0 atom stereocenters. The van der Waals surface area contributed by atoms with Crippen molar-refractivity contribution in [2.24, 2.45) is 0 Å². The second kappa shape index (κ2) is 8.69. The van der Waals surface area contributed by atoms with Crippen LogP contribution in [0.4, 0.5) is 11.5 Å². The van der Waals surface area contributed by atoms with Gasteiger partial charge in [-0.1, -0.05) is 0 Å². The number of anilines is 2. The average Bonchev–Trinajstić information content (AvgIpc) is 2.69. The van der Waals surface area contributed by atoms with Crippen LogP contribution in [0.2, 0.25) is 0 Å². The van der Waals surface area contributed by atoms with Crippen molar-refractivity contribution in [2.75, 3.05) is 36.4 Å². The summed E-state index contributed by atoms with van der Waals surface area (Å²) in [5.41, 5.74) is 0.904. The zero-order valence-corrected chi connectivity index (χ0v) is 16.4. The molecule has 28 heavy (non-hydrogen) atoms. The van der Waals surface area contributed by atoms with E-state index < -0.39 is 0 Å². The lowest BCUT2D eigenvalue weighted by Crippen LogP contribution is -2.48. The molecule has 0 radical (unpaired) electrons. The molecule has 0 bridgehead atoms. The van der Waals surface area contributed by atoms with Gasteiger partial charge in [-0.2, -0.15) is 0 Å². The van der Waals surface area contributed by atoms with Crippen LogP contribution in [0.25, 0.3) is 0 Å². The lowest BCUT2D eigenvalue weighted by Gasteiger charge is -2.34. The number of ether oxygens (including phenoxy) is 1. The molecule has 2 aromatic rings. The number of rotatable bonds is 5. The van der Waals surface area contributed by atoms with E-state index in [0.717, 1.165) is 5.75 Å². The van der Waals surface area contributed by atoms with E-state index in [2.05, 4.69) is 20.2 Å². The van der Waals surface area contributed by atoms with Crippen LogP contribution in [-0.4, -0.2) is 59.0 Å². The van der Waals surface area contributed by atoms with Gasteiger partial charge in [0, 0.05) is 38.8 Å². The molecule has 0 spiro atoms. The van der Waals surface area contributed by atoms with E-state index in [0.29, 0.717) is 37.7 Å². The quantitative estimate of drug-likeness (QED) is 0.852. The number of carbonyl (C=O) groups excluding carboxylic acids is 2. The molecule has 0 saturated carbocycles. The SMILES string of the molecule is CC(=O)N1CCN(c2cnc(C(=O)Nc3ccc(OC(C)C)cc3)cn2)CC1. The number of hydrogen-bond donors (Lipinski definition) is 1. The van der Waals surface area contributed by atoms with Gasteiger partial charge in [-0.25, -0.2) is 9.97 Å². The zero-order valence-electron chi connectivity index (χ0n) is 16.4. The smallest absolute Gasteiger partial charge is 0.275 e. The van der Waals surface area contributed by atoms with Crippen molar-refractivity contribution in [2.45, 2.75) is 26.9 Å². The molecule has 2 amide bonds. The highest BCUT2D eigenvalue weighted by Gasteiger charge is 2.20. The van der Waals surface area contributed by atoms with Crippen LogP contribution in [0.3, 0.4) is 0 Å². The fourth-order valence-corrected chi connectivity index (χ4v) is 2.94. The Labute approximate surface area is 164 Å². The maximum atomic E-state index is 12.4. The second-order valence-electron chi connectivity index (χ2n) is 6.90. The third kappa shape index (κ3) is 4.97. The number of amides is 2. The minimum absolute atomic E-state index is 0.0848. The van der Waals surface area contributed by atoms with Gasteiger partial charge in [0.2, 0.25) is 5.91 Å². The molecule has 0 unspecified atom stereocenters. The van der Waals surface area contributed by atoms with Crippen molar-refractivity contribution in [1.82, 2.24) is 14.9 Å². The first kappa shape index (κ1) is 19.6. The molecule has 1 aliphatic rings. The molecular weight excluding hydrogens is 358 g/mol. The lowest BCUT2D eigenvalue weighted by atomic mass is 10.3. The van der Waals surface area contributed by atoms with Crippen LogP contribution in [0.15, 0.2) is 36.7 Å². The van der Waals surface area contributed by atoms with Gasteiger partial charge in [0.15, 0.2) is 0 Å². The van der Waals surface area contributed by atoms with E-state index >= 15 is 0 Å². The molecule has 8 nitrogen and oxygen atoms in total. The minimum atomic E-state index is -0.321. The number of piperazine rings is 1. The zero-order chi connectivity index (χ0) is 20.1. The number of nitrogens with one attached hydrogen (secondary N) is 1. The number of benzene rings is 1. The van der Waals surface area contributed by atoms with Gasteiger partial charge in [-0.15, -0.1) is 0 Å². The number of hydrogen-bond acceptors (Lipinski definition) is 6. The molecule has 8 heteroatoms. The molecule has 1 saturated heterocycles. The van der Waals surface area contributed by atoms with E-state index in [4.69, 9.17) is 4.74 Å². The summed E-state index contributed by atoms with van der Waals surface area (Å²) in [6.45, 7) is 8.22. The van der Waals surface area contributed by atoms with E-state index in [1.807, 2.05) is 30.9 Å². The Kier molecular flexibility index (Phi) is 6.08. The summed E-state index contributed by atoms with van der Waals surface area (Å²) in [6, 6.07) is 7.19. The Bertz CT molecular complexity index is 813. The summed E-state index contributed by atoms with van der Waals surface area (Å²) < 4.78 is 5.59. The van der Waals surface area contributed by atoms with Crippen LogP contribution in [0, 0.1) is 0 Å². The topological polar surface area (TPSA) is 87.7 Å². The number of aromatic nitrogens is 2. The predicted molar refractivity (Wildman–Crippen MR) is 107 cm³/mol. The Hall–Kier alpha value is -3.16. The highest BCUT2D eigenvalue weighted by molar-refractivity contribution is 6.02. The first-order valence-corrected chi connectivity index (χ1v) is 9.33. The van der Waals surface area contributed by atoms with E-state index in [-0.39, 0.29) is 23.6 Å². The van der Waals surface area contributed by atoms with E-state index in [1.165, 1.54) is 6.20 Å². The number of nitrogens with zero attached hydrogens (tertiary/aromatic N) is 4. The largest absolute Gasteiger partial charge is 0.491 e. The van der Waals surface area contributed by atoms with Crippen LogP contribution in [0.1, 0.15) is 31.3 Å². The molecular formula is C20H25N5O3. The van der Waals surface area contributed by atoms with Gasteiger partial charge in [0.25, 0.3) is 5.91 Å². The van der Waals surface area contributed by atoms with E-state index in [1.54, 1.807) is 25.3 Å². The normalized spacial score (nSPS) is 14.1. The van der Waals surface area contributed by atoms with Crippen LogP contribution < -0.4 is 15.0 Å². The van der Waals surface area contributed by atoms with Crippen molar-refractivity contribution >= 4 is 23.3 Å². The fraction of sp³-hybridized carbons (Fsp3) is 0.400. The standard InChI is InChI=1S/C20H25N5O3/c1-14(2)28-17-6-4-16(5-7-17)23-20(27)18-12-22-19(13-21-18)25-10-8-24(9-11-25)15(3)26/h4-7,12-14H,8-11H2,1-3H3,(H,23,27). The van der Waals surface area contributed by atoms with Crippen LogP contribution in [-0.2, 0) is 4.79 Å². The third-order valence-corrected chi connectivity index (χ3v) is 4.40. The maximum absolute atomic E-state index is 12.4. The number of carbonyl (C=O) groups is 2. The summed E-state index contributed by atoms with van der Waals surface area (Å²) in [6.07, 6.45) is 3.16. The molecule has 2 heterocycles.